The molecule has 1 aliphatic heterocycles. The SMILES string of the molecule is CO[C@H]1OCC(=O)C[C@@H]1Sc1ccc(C)cc1. The van der Waals surface area contributed by atoms with Crippen LogP contribution in [0.3, 0.4) is 0 Å². The molecule has 1 saturated heterocycles. The summed E-state index contributed by atoms with van der Waals surface area (Å²) in [6.45, 7) is 2.23. The van der Waals surface area contributed by atoms with Crippen molar-refractivity contribution in [2.45, 2.75) is 29.8 Å². The quantitative estimate of drug-likeness (QED) is 0.827. The Hall–Kier alpha value is -0.840. The van der Waals surface area contributed by atoms with Crippen LogP contribution < -0.4 is 0 Å². The monoisotopic (exact) mass is 252 g/mol. The Morgan fingerprint density at radius 3 is 2.71 bits per heavy atom. The molecule has 92 valence electrons. The van der Waals surface area contributed by atoms with Gasteiger partial charge in [0.25, 0.3) is 0 Å². The van der Waals surface area contributed by atoms with E-state index in [1.54, 1.807) is 18.9 Å². The molecule has 0 spiro atoms. The van der Waals surface area contributed by atoms with Crippen LogP contribution in [-0.4, -0.2) is 31.0 Å². The average molecular weight is 252 g/mol. The van der Waals surface area contributed by atoms with Crippen LogP contribution >= 0.6 is 11.8 Å². The van der Waals surface area contributed by atoms with E-state index in [0.717, 1.165) is 4.90 Å². The molecule has 2 atom stereocenters. The van der Waals surface area contributed by atoms with Crippen molar-refractivity contribution in [1.29, 1.82) is 0 Å². The van der Waals surface area contributed by atoms with E-state index in [-0.39, 0.29) is 23.9 Å². The van der Waals surface area contributed by atoms with E-state index in [2.05, 4.69) is 31.2 Å². The zero-order chi connectivity index (χ0) is 12.3. The second-order valence-electron chi connectivity index (χ2n) is 4.13. The number of benzene rings is 1. The molecule has 0 unspecified atom stereocenters. The van der Waals surface area contributed by atoms with Gasteiger partial charge < -0.3 is 9.47 Å². The number of methoxy groups -OCH3 is 1. The molecule has 1 heterocycles. The van der Waals surface area contributed by atoms with E-state index in [9.17, 15) is 4.79 Å². The van der Waals surface area contributed by atoms with Crippen molar-refractivity contribution in [3.8, 4) is 0 Å². The Morgan fingerprint density at radius 2 is 2.06 bits per heavy atom. The maximum atomic E-state index is 11.4. The smallest absolute Gasteiger partial charge is 0.170 e. The summed E-state index contributed by atoms with van der Waals surface area (Å²) in [7, 11) is 1.61. The van der Waals surface area contributed by atoms with Gasteiger partial charge >= 0.3 is 0 Å². The Balaban J connectivity index is 2.04. The highest BCUT2D eigenvalue weighted by atomic mass is 32.2. The van der Waals surface area contributed by atoms with Crippen LogP contribution in [0.5, 0.6) is 0 Å². The zero-order valence-electron chi connectivity index (χ0n) is 10.0. The number of ether oxygens (including phenoxy) is 2. The molecule has 1 aromatic carbocycles. The molecule has 0 radical (unpaired) electrons. The average Bonchev–Trinajstić information content (AvgIpc) is 2.32. The fourth-order valence-corrected chi connectivity index (χ4v) is 2.98. The van der Waals surface area contributed by atoms with Crippen LogP contribution in [0.2, 0.25) is 0 Å². The Kier molecular flexibility index (Phi) is 4.20. The minimum Gasteiger partial charge on any atom is -0.355 e. The standard InChI is InChI=1S/C13H16O3S/c1-9-3-5-11(6-4-9)17-12-7-10(14)8-16-13(12)15-2/h3-6,12-13H,7-8H2,1-2H3/t12-,13-/m0/s1. The summed E-state index contributed by atoms with van der Waals surface area (Å²) in [5.74, 6) is 0.142. The van der Waals surface area contributed by atoms with Crippen molar-refractivity contribution < 1.29 is 14.3 Å². The topological polar surface area (TPSA) is 35.5 Å². The molecule has 4 heteroatoms. The summed E-state index contributed by atoms with van der Waals surface area (Å²) in [6.07, 6.45) is 0.218. The number of carbonyl (C=O) groups is 1. The van der Waals surface area contributed by atoms with Crippen molar-refractivity contribution >= 4 is 17.5 Å². The summed E-state index contributed by atoms with van der Waals surface area (Å²) < 4.78 is 10.6. The second-order valence-corrected chi connectivity index (χ2v) is 5.44. The lowest BCUT2D eigenvalue weighted by Gasteiger charge is -2.29. The molecule has 1 aromatic rings. The van der Waals surface area contributed by atoms with Crippen molar-refractivity contribution in [1.82, 2.24) is 0 Å². The largest absolute Gasteiger partial charge is 0.355 e. The molecule has 0 aliphatic carbocycles. The minimum atomic E-state index is -0.293. The number of rotatable bonds is 3. The van der Waals surface area contributed by atoms with E-state index in [4.69, 9.17) is 9.47 Å². The molecule has 0 N–H and O–H groups in total. The number of carbonyl (C=O) groups excluding carboxylic acids is 1. The van der Waals surface area contributed by atoms with Gasteiger partial charge in [-0.3, -0.25) is 4.79 Å². The molecule has 3 nitrogen and oxygen atoms in total. The van der Waals surface area contributed by atoms with E-state index >= 15 is 0 Å². The summed E-state index contributed by atoms with van der Waals surface area (Å²) in [5.41, 5.74) is 1.23. The highest BCUT2D eigenvalue weighted by Crippen LogP contribution is 2.31. The van der Waals surface area contributed by atoms with Gasteiger partial charge in [0, 0.05) is 18.4 Å². The van der Waals surface area contributed by atoms with Crippen LogP contribution in [0, 0.1) is 6.92 Å². The lowest BCUT2D eigenvalue weighted by Crippen LogP contribution is -2.38. The first-order valence-corrected chi connectivity index (χ1v) is 6.46. The maximum absolute atomic E-state index is 11.4. The first kappa shape index (κ1) is 12.6. The zero-order valence-corrected chi connectivity index (χ0v) is 10.8. The highest BCUT2D eigenvalue weighted by molar-refractivity contribution is 8.00. The van der Waals surface area contributed by atoms with E-state index < -0.39 is 0 Å². The summed E-state index contributed by atoms with van der Waals surface area (Å²) in [6, 6.07) is 8.25. The lowest BCUT2D eigenvalue weighted by atomic mass is 10.2. The van der Waals surface area contributed by atoms with Crippen molar-refractivity contribution in [3.05, 3.63) is 29.8 Å². The van der Waals surface area contributed by atoms with Crippen LogP contribution in [0.15, 0.2) is 29.2 Å². The van der Waals surface area contributed by atoms with Gasteiger partial charge in [0.05, 0.1) is 5.25 Å². The Bertz CT molecular complexity index is 388. The molecule has 0 amide bonds. The Labute approximate surface area is 105 Å². The maximum Gasteiger partial charge on any atom is 0.170 e. The first-order chi connectivity index (χ1) is 8.19. The molecule has 1 fully saturated rings. The number of ketones is 1. The number of aryl methyl sites for hydroxylation is 1. The van der Waals surface area contributed by atoms with E-state index in [1.165, 1.54) is 5.56 Å². The van der Waals surface area contributed by atoms with Gasteiger partial charge in [-0.15, -0.1) is 11.8 Å². The molecule has 0 aromatic heterocycles. The van der Waals surface area contributed by atoms with E-state index in [1.807, 2.05) is 0 Å². The van der Waals surface area contributed by atoms with Crippen LogP contribution in [0.4, 0.5) is 0 Å². The van der Waals surface area contributed by atoms with Crippen LogP contribution in [0.25, 0.3) is 0 Å². The van der Waals surface area contributed by atoms with Gasteiger partial charge in [-0.2, -0.15) is 0 Å². The molecular formula is C13H16O3S. The van der Waals surface area contributed by atoms with E-state index in [0.29, 0.717) is 6.42 Å². The van der Waals surface area contributed by atoms with Crippen LogP contribution in [-0.2, 0) is 14.3 Å². The normalized spacial score (nSPS) is 24.9. The highest BCUT2D eigenvalue weighted by Gasteiger charge is 2.30. The first-order valence-electron chi connectivity index (χ1n) is 5.58. The van der Waals surface area contributed by atoms with Gasteiger partial charge in [0.1, 0.15) is 6.61 Å². The van der Waals surface area contributed by atoms with Gasteiger partial charge in [-0.1, -0.05) is 17.7 Å². The Morgan fingerprint density at radius 1 is 1.35 bits per heavy atom. The third kappa shape index (κ3) is 3.31. The van der Waals surface area contributed by atoms with Crippen molar-refractivity contribution in [3.63, 3.8) is 0 Å². The third-order valence-corrected chi connectivity index (χ3v) is 3.92. The van der Waals surface area contributed by atoms with Gasteiger partial charge in [-0.05, 0) is 19.1 Å². The van der Waals surface area contributed by atoms with Gasteiger partial charge in [0.2, 0.25) is 0 Å². The molecule has 1 aliphatic rings. The molecule has 2 rings (SSSR count). The predicted octanol–water partition coefficient (Wildman–Crippen LogP) is 2.42. The fraction of sp³-hybridized carbons (Fsp3) is 0.462. The molecule has 0 bridgehead atoms. The summed E-state index contributed by atoms with van der Waals surface area (Å²) in [5, 5.41) is 0.0453. The number of hydrogen-bond acceptors (Lipinski definition) is 4. The third-order valence-electron chi connectivity index (χ3n) is 2.68. The molecular weight excluding hydrogens is 236 g/mol. The predicted molar refractivity (Wildman–Crippen MR) is 67.2 cm³/mol. The summed E-state index contributed by atoms with van der Waals surface area (Å²) >= 11 is 1.64. The van der Waals surface area contributed by atoms with Crippen molar-refractivity contribution in [2.24, 2.45) is 0 Å². The van der Waals surface area contributed by atoms with Gasteiger partial charge in [0.15, 0.2) is 12.1 Å². The molecule has 0 saturated carbocycles. The van der Waals surface area contributed by atoms with Crippen molar-refractivity contribution in [2.75, 3.05) is 13.7 Å². The number of Topliss-reactive ketones (excluding diaryl/α,β-unsaturated/α-hetero) is 1. The fourth-order valence-electron chi connectivity index (χ4n) is 1.77. The second kappa shape index (κ2) is 5.67. The summed E-state index contributed by atoms with van der Waals surface area (Å²) in [4.78, 5) is 12.5. The van der Waals surface area contributed by atoms with Gasteiger partial charge in [-0.25, -0.2) is 0 Å². The van der Waals surface area contributed by atoms with Crippen LogP contribution in [0.1, 0.15) is 12.0 Å². The number of hydrogen-bond donors (Lipinski definition) is 0. The molecule has 17 heavy (non-hydrogen) atoms. The number of thioether (sulfide) groups is 1. The lowest BCUT2D eigenvalue weighted by molar-refractivity contribution is -0.160. The minimum absolute atomic E-state index is 0.0453.